The number of hydrogen-bond donors (Lipinski definition) is 1. The standard InChI is InChI=1S/C11H19NO4/c1-8-7-16-9(6-13)5-12(8)11(14)10-3-2-4-15-10/h8-10,13H,2-7H2,1H3/t8?,9?,10-/m1/s1. The van der Waals surface area contributed by atoms with Crippen molar-refractivity contribution in [3.05, 3.63) is 0 Å². The lowest BCUT2D eigenvalue weighted by atomic mass is 10.1. The molecule has 5 heteroatoms. The van der Waals surface area contributed by atoms with Crippen molar-refractivity contribution < 1.29 is 19.4 Å². The molecular formula is C11H19NO4. The number of hydrogen-bond acceptors (Lipinski definition) is 4. The van der Waals surface area contributed by atoms with Crippen molar-refractivity contribution in [2.75, 3.05) is 26.4 Å². The van der Waals surface area contributed by atoms with E-state index < -0.39 is 0 Å². The van der Waals surface area contributed by atoms with E-state index in [1.165, 1.54) is 0 Å². The number of carbonyl (C=O) groups is 1. The Bertz CT molecular complexity index is 252. The van der Waals surface area contributed by atoms with Crippen LogP contribution in [0.5, 0.6) is 0 Å². The summed E-state index contributed by atoms with van der Waals surface area (Å²) < 4.78 is 10.8. The zero-order valence-corrected chi connectivity index (χ0v) is 9.59. The molecule has 2 aliphatic heterocycles. The number of carbonyl (C=O) groups excluding carboxylic acids is 1. The van der Waals surface area contributed by atoms with Crippen LogP contribution in [-0.2, 0) is 14.3 Å². The van der Waals surface area contributed by atoms with Gasteiger partial charge in [0, 0.05) is 13.2 Å². The Morgan fingerprint density at radius 1 is 1.50 bits per heavy atom. The minimum absolute atomic E-state index is 0.0397. The third-order valence-corrected chi connectivity index (χ3v) is 3.20. The number of ether oxygens (including phenoxy) is 2. The molecule has 1 amide bonds. The molecule has 5 nitrogen and oxygen atoms in total. The molecule has 92 valence electrons. The zero-order valence-electron chi connectivity index (χ0n) is 9.59. The zero-order chi connectivity index (χ0) is 11.5. The van der Waals surface area contributed by atoms with Crippen LogP contribution in [0.15, 0.2) is 0 Å². The Kier molecular flexibility index (Phi) is 3.78. The van der Waals surface area contributed by atoms with Gasteiger partial charge in [0.25, 0.3) is 5.91 Å². The molecule has 0 aromatic rings. The van der Waals surface area contributed by atoms with Gasteiger partial charge in [-0.25, -0.2) is 0 Å². The molecule has 2 aliphatic rings. The summed E-state index contributed by atoms with van der Waals surface area (Å²) in [6, 6.07) is 0.0690. The van der Waals surface area contributed by atoms with Crippen LogP contribution in [0.4, 0.5) is 0 Å². The topological polar surface area (TPSA) is 59.0 Å². The summed E-state index contributed by atoms with van der Waals surface area (Å²) >= 11 is 0. The van der Waals surface area contributed by atoms with Gasteiger partial charge >= 0.3 is 0 Å². The number of aliphatic hydroxyl groups excluding tert-OH is 1. The largest absolute Gasteiger partial charge is 0.394 e. The molecule has 1 N–H and O–H groups in total. The first-order valence-corrected chi connectivity index (χ1v) is 5.87. The quantitative estimate of drug-likeness (QED) is 0.711. The van der Waals surface area contributed by atoms with Crippen molar-refractivity contribution in [1.82, 2.24) is 4.90 Å². The maximum Gasteiger partial charge on any atom is 0.252 e. The molecule has 0 saturated carbocycles. The van der Waals surface area contributed by atoms with Gasteiger partial charge in [0.15, 0.2) is 0 Å². The van der Waals surface area contributed by atoms with E-state index in [1.54, 1.807) is 4.90 Å². The van der Waals surface area contributed by atoms with Gasteiger partial charge in [-0.15, -0.1) is 0 Å². The minimum atomic E-state index is -0.278. The second-order valence-electron chi connectivity index (χ2n) is 4.48. The van der Waals surface area contributed by atoms with Crippen molar-refractivity contribution in [3.8, 4) is 0 Å². The molecule has 2 saturated heterocycles. The highest BCUT2D eigenvalue weighted by Crippen LogP contribution is 2.19. The van der Waals surface area contributed by atoms with Crippen LogP contribution in [0.25, 0.3) is 0 Å². The van der Waals surface area contributed by atoms with Crippen LogP contribution in [0.2, 0.25) is 0 Å². The van der Waals surface area contributed by atoms with E-state index in [0.717, 1.165) is 12.8 Å². The third-order valence-electron chi connectivity index (χ3n) is 3.20. The first-order chi connectivity index (χ1) is 7.72. The maximum atomic E-state index is 12.1. The third kappa shape index (κ3) is 2.36. The molecule has 2 fully saturated rings. The smallest absolute Gasteiger partial charge is 0.252 e. The van der Waals surface area contributed by atoms with Crippen LogP contribution >= 0.6 is 0 Å². The van der Waals surface area contributed by atoms with E-state index >= 15 is 0 Å². The highest BCUT2D eigenvalue weighted by molar-refractivity contribution is 5.81. The number of morpholine rings is 1. The van der Waals surface area contributed by atoms with Gasteiger partial charge in [0.05, 0.1) is 25.4 Å². The molecule has 2 rings (SSSR count). The highest BCUT2D eigenvalue weighted by Gasteiger charge is 2.34. The van der Waals surface area contributed by atoms with Gasteiger partial charge in [-0.2, -0.15) is 0 Å². The summed E-state index contributed by atoms with van der Waals surface area (Å²) in [7, 11) is 0. The second-order valence-corrected chi connectivity index (χ2v) is 4.48. The Labute approximate surface area is 95.3 Å². The van der Waals surface area contributed by atoms with E-state index in [0.29, 0.717) is 19.8 Å². The van der Waals surface area contributed by atoms with Gasteiger partial charge in [-0.1, -0.05) is 0 Å². The van der Waals surface area contributed by atoms with Crippen molar-refractivity contribution in [1.29, 1.82) is 0 Å². The molecule has 2 unspecified atom stereocenters. The average Bonchev–Trinajstić information content (AvgIpc) is 2.82. The van der Waals surface area contributed by atoms with E-state index in [-0.39, 0.29) is 30.8 Å². The van der Waals surface area contributed by atoms with Crippen molar-refractivity contribution in [2.45, 2.75) is 38.0 Å². The Morgan fingerprint density at radius 2 is 2.31 bits per heavy atom. The summed E-state index contributed by atoms with van der Waals surface area (Å²) in [6.07, 6.45) is 1.24. The normalized spacial score (nSPS) is 35.4. The Hall–Kier alpha value is -0.650. The van der Waals surface area contributed by atoms with Crippen molar-refractivity contribution in [3.63, 3.8) is 0 Å². The maximum absolute atomic E-state index is 12.1. The van der Waals surface area contributed by atoms with Gasteiger partial charge < -0.3 is 19.5 Å². The van der Waals surface area contributed by atoms with Gasteiger partial charge in [0.1, 0.15) is 6.10 Å². The summed E-state index contributed by atoms with van der Waals surface area (Å²) in [5.41, 5.74) is 0. The number of amides is 1. The summed E-state index contributed by atoms with van der Waals surface area (Å²) in [6.45, 7) is 3.56. The monoisotopic (exact) mass is 229 g/mol. The second kappa shape index (κ2) is 5.12. The highest BCUT2D eigenvalue weighted by atomic mass is 16.5. The number of aliphatic hydroxyl groups is 1. The van der Waals surface area contributed by atoms with E-state index in [4.69, 9.17) is 14.6 Å². The predicted octanol–water partition coefficient (Wildman–Crippen LogP) is -0.226. The lowest BCUT2D eigenvalue weighted by Crippen LogP contribution is -2.54. The minimum Gasteiger partial charge on any atom is -0.394 e. The molecule has 0 spiro atoms. The van der Waals surface area contributed by atoms with Crippen LogP contribution in [0.3, 0.4) is 0 Å². The lowest BCUT2D eigenvalue weighted by Gasteiger charge is -2.38. The fraction of sp³-hybridized carbons (Fsp3) is 0.909. The van der Waals surface area contributed by atoms with Crippen molar-refractivity contribution in [2.24, 2.45) is 0 Å². The van der Waals surface area contributed by atoms with Crippen LogP contribution in [0.1, 0.15) is 19.8 Å². The summed E-state index contributed by atoms with van der Waals surface area (Å²) in [4.78, 5) is 13.9. The molecule has 16 heavy (non-hydrogen) atoms. The van der Waals surface area contributed by atoms with Crippen molar-refractivity contribution >= 4 is 5.91 Å². The van der Waals surface area contributed by atoms with Crippen LogP contribution in [0, 0.1) is 0 Å². The van der Waals surface area contributed by atoms with Crippen LogP contribution in [-0.4, -0.2) is 60.5 Å². The molecule has 0 radical (unpaired) electrons. The summed E-state index contributed by atoms with van der Waals surface area (Å²) in [5.74, 6) is 0.0479. The number of nitrogens with zero attached hydrogens (tertiary/aromatic N) is 1. The summed E-state index contributed by atoms with van der Waals surface area (Å²) in [5, 5.41) is 9.05. The van der Waals surface area contributed by atoms with E-state index in [1.807, 2.05) is 6.92 Å². The van der Waals surface area contributed by atoms with E-state index in [9.17, 15) is 4.79 Å². The fourth-order valence-corrected chi connectivity index (χ4v) is 2.19. The number of rotatable bonds is 2. The molecule has 0 bridgehead atoms. The SMILES string of the molecule is CC1COC(CO)CN1C(=O)[C@H]1CCCO1. The molecule has 2 heterocycles. The fourth-order valence-electron chi connectivity index (χ4n) is 2.19. The van der Waals surface area contributed by atoms with Crippen LogP contribution < -0.4 is 0 Å². The van der Waals surface area contributed by atoms with Gasteiger partial charge in [-0.05, 0) is 19.8 Å². The first kappa shape index (κ1) is 11.8. The Morgan fingerprint density at radius 3 is 2.94 bits per heavy atom. The lowest BCUT2D eigenvalue weighted by molar-refractivity contribution is -0.155. The van der Waals surface area contributed by atoms with E-state index in [2.05, 4.69) is 0 Å². The molecule has 0 aromatic heterocycles. The van der Waals surface area contributed by atoms with Gasteiger partial charge in [-0.3, -0.25) is 4.79 Å². The average molecular weight is 229 g/mol. The molecule has 3 atom stereocenters. The first-order valence-electron chi connectivity index (χ1n) is 5.87. The molecule has 0 aliphatic carbocycles. The predicted molar refractivity (Wildman–Crippen MR) is 57.0 cm³/mol. The Balaban J connectivity index is 1.97. The molecule has 0 aromatic carbocycles. The van der Waals surface area contributed by atoms with Gasteiger partial charge in [0.2, 0.25) is 0 Å². The molecular weight excluding hydrogens is 210 g/mol.